The first-order valence-electron chi connectivity index (χ1n) is 4.68. The summed E-state index contributed by atoms with van der Waals surface area (Å²) in [4.78, 5) is 11.4. The molecule has 0 radical (unpaired) electrons. The van der Waals surface area contributed by atoms with Gasteiger partial charge in [0, 0.05) is 14.2 Å². The highest BCUT2D eigenvalue weighted by molar-refractivity contribution is 7.55. The number of hydrogen-bond acceptors (Lipinski definition) is 5. The normalized spacial score (nSPS) is 13.6. The van der Waals surface area contributed by atoms with Gasteiger partial charge in [-0.25, -0.2) is 0 Å². The maximum absolute atomic E-state index is 12.1. The summed E-state index contributed by atoms with van der Waals surface area (Å²) in [6.45, 7) is 3.72. The Hall–Kier alpha value is -0.420. The van der Waals surface area contributed by atoms with Crippen LogP contribution in [0.25, 0.3) is 0 Å². The molecule has 1 unspecified atom stereocenters. The van der Waals surface area contributed by atoms with Crippen molar-refractivity contribution < 1.29 is 23.1 Å². The van der Waals surface area contributed by atoms with E-state index in [4.69, 9.17) is 13.8 Å². The van der Waals surface area contributed by atoms with Crippen molar-refractivity contribution in [2.45, 2.75) is 19.7 Å². The van der Waals surface area contributed by atoms with Crippen LogP contribution in [0, 0.1) is 0 Å². The summed E-state index contributed by atoms with van der Waals surface area (Å²) in [6.07, 6.45) is 0. The standard InChI is InChI=1S/C8H18NO5P/c1-5-13-15(11,14-6-2)8(12-4)7(10)9-3/h8H,5-6H2,1-4H3,(H,9,10). The molecule has 0 saturated heterocycles. The van der Waals surface area contributed by atoms with Gasteiger partial charge in [0.1, 0.15) is 0 Å². The van der Waals surface area contributed by atoms with Crippen LogP contribution < -0.4 is 5.32 Å². The third kappa shape index (κ3) is 3.91. The van der Waals surface area contributed by atoms with Gasteiger partial charge in [0.05, 0.1) is 13.2 Å². The van der Waals surface area contributed by atoms with Gasteiger partial charge in [-0.2, -0.15) is 0 Å². The molecule has 0 aromatic heterocycles. The lowest BCUT2D eigenvalue weighted by atomic mass is 10.6. The number of amides is 1. The minimum atomic E-state index is -3.54. The smallest absolute Gasteiger partial charge is 0.360 e. The summed E-state index contributed by atoms with van der Waals surface area (Å²) < 4.78 is 26.9. The van der Waals surface area contributed by atoms with Crippen LogP contribution in [0.2, 0.25) is 0 Å². The monoisotopic (exact) mass is 239 g/mol. The lowest BCUT2D eigenvalue weighted by molar-refractivity contribution is -0.127. The highest BCUT2D eigenvalue weighted by atomic mass is 31.2. The molecule has 0 aromatic carbocycles. The average Bonchev–Trinajstić information content (AvgIpc) is 2.19. The van der Waals surface area contributed by atoms with E-state index in [1.54, 1.807) is 13.8 Å². The summed E-state index contributed by atoms with van der Waals surface area (Å²) in [7, 11) is -0.827. The van der Waals surface area contributed by atoms with Gasteiger partial charge in [0.25, 0.3) is 5.91 Å². The first-order chi connectivity index (χ1) is 7.05. The molecule has 7 heteroatoms. The zero-order chi connectivity index (χ0) is 11.9. The van der Waals surface area contributed by atoms with Crippen molar-refractivity contribution in [3.63, 3.8) is 0 Å². The van der Waals surface area contributed by atoms with Gasteiger partial charge in [-0.05, 0) is 13.8 Å². The summed E-state index contributed by atoms with van der Waals surface area (Å²) in [6, 6.07) is 0. The number of carbonyl (C=O) groups excluding carboxylic acids is 1. The van der Waals surface area contributed by atoms with Crippen molar-refractivity contribution in [3.05, 3.63) is 0 Å². The van der Waals surface area contributed by atoms with E-state index in [2.05, 4.69) is 5.32 Å². The number of carbonyl (C=O) groups is 1. The Labute approximate surface area is 89.8 Å². The Morgan fingerprint density at radius 1 is 1.33 bits per heavy atom. The highest BCUT2D eigenvalue weighted by Crippen LogP contribution is 2.53. The lowest BCUT2D eigenvalue weighted by Gasteiger charge is -2.23. The van der Waals surface area contributed by atoms with Crippen LogP contribution in [-0.2, 0) is 23.1 Å². The van der Waals surface area contributed by atoms with E-state index in [1.807, 2.05) is 0 Å². The van der Waals surface area contributed by atoms with Gasteiger partial charge < -0.3 is 19.1 Å². The van der Waals surface area contributed by atoms with Crippen molar-refractivity contribution in [3.8, 4) is 0 Å². The van der Waals surface area contributed by atoms with E-state index in [0.717, 1.165) is 0 Å². The van der Waals surface area contributed by atoms with Gasteiger partial charge >= 0.3 is 7.60 Å². The zero-order valence-electron chi connectivity index (χ0n) is 9.48. The first-order valence-corrected chi connectivity index (χ1v) is 6.30. The average molecular weight is 239 g/mol. The van der Waals surface area contributed by atoms with Crippen LogP contribution in [0.15, 0.2) is 0 Å². The van der Waals surface area contributed by atoms with Gasteiger partial charge in [0.15, 0.2) is 0 Å². The Bertz CT molecular complexity index is 235. The second-order valence-electron chi connectivity index (χ2n) is 2.58. The molecule has 0 saturated carbocycles. The molecule has 0 rings (SSSR count). The predicted molar refractivity (Wildman–Crippen MR) is 55.7 cm³/mol. The molecule has 1 atom stereocenters. The molecule has 0 aliphatic rings. The lowest BCUT2D eigenvalue weighted by Crippen LogP contribution is -2.34. The topological polar surface area (TPSA) is 73.9 Å². The third-order valence-corrected chi connectivity index (χ3v) is 3.86. The molecule has 90 valence electrons. The fourth-order valence-electron chi connectivity index (χ4n) is 1.04. The molecule has 0 heterocycles. The Morgan fingerprint density at radius 2 is 1.80 bits per heavy atom. The van der Waals surface area contributed by atoms with Gasteiger partial charge in [-0.3, -0.25) is 9.36 Å². The number of ether oxygens (including phenoxy) is 1. The molecule has 6 nitrogen and oxygen atoms in total. The number of likely N-dealkylation sites (N-methyl/N-ethyl adjacent to an activating group) is 1. The molecule has 15 heavy (non-hydrogen) atoms. The van der Waals surface area contributed by atoms with E-state index in [1.165, 1.54) is 14.2 Å². The van der Waals surface area contributed by atoms with Crippen molar-refractivity contribution >= 4 is 13.5 Å². The summed E-state index contributed by atoms with van der Waals surface area (Å²) in [5, 5.41) is 2.34. The second-order valence-corrected chi connectivity index (χ2v) is 4.64. The maximum Gasteiger partial charge on any atom is 0.368 e. The van der Waals surface area contributed by atoms with Crippen LogP contribution in [0.5, 0.6) is 0 Å². The van der Waals surface area contributed by atoms with Crippen LogP contribution in [0.4, 0.5) is 0 Å². The third-order valence-electron chi connectivity index (χ3n) is 1.60. The molecule has 0 spiro atoms. The zero-order valence-corrected chi connectivity index (χ0v) is 10.4. The largest absolute Gasteiger partial charge is 0.368 e. The fourth-order valence-corrected chi connectivity index (χ4v) is 2.78. The predicted octanol–water partition coefficient (Wildman–Crippen LogP) is 0.971. The number of hydrogen-bond donors (Lipinski definition) is 1. The van der Waals surface area contributed by atoms with Crippen molar-refractivity contribution in [2.24, 2.45) is 0 Å². The van der Waals surface area contributed by atoms with E-state index in [-0.39, 0.29) is 13.2 Å². The summed E-state index contributed by atoms with van der Waals surface area (Å²) >= 11 is 0. The molecule has 0 fully saturated rings. The van der Waals surface area contributed by atoms with Crippen molar-refractivity contribution in [1.29, 1.82) is 0 Å². The Balaban J connectivity index is 4.84. The molecule has 1 N–H and O–H groups in total. The minimum Gasteiger partial charge on any atom is -0.360 e. The molecular formula is C8H18NO5P. The van der Waals surface area contributed by atoms with Gasteiger partial charge in [-0.1, -0.05) is 0 Å². The summed E-state index contributed by atoms with van der Waals surface area (Å²) in [5.41, 5.74) is 0. The summed E-state index contributed by atoms with van der Waals surface area (Å²) in [5.74, 6) is -1.75. The van der Waals surface area contributed by atoms with Gasteiger partial charge in [-0.15, -0.1) is 0 Å². The van der Waals surface area contributed by atoms with Crippen molar-refractivity contribution in [1.82, 2.24) is 5.32 Å². The van der Waals surface area contributed by atoms with E-state index < -0.39 is 19.3 Å². The van der Waals surface area contributed by atoms with E-state index >= 15 is 0 Å². The fraction of sp³-hybridized carbons (Fsp3) is 0.875. The number of methoxy groups -OCH3 is 1. The highest BCUT2D eigenvalue weighted by Gasteiger charge is 2.41. The van der Waals surface area contributed by atoms with E-state index in [9.17, 15) is 9.36 Å². The first kappa shape index (κ1) is 14.6. The molecule has 1 amide bonds. The Morgan fingerprint density at radius 3 is 2.07 bits per heavy atom. The quantitative estimate of drug-likeness (QED) is 0.670. The maximum atomic E-state index is 12.1. The van der Waals surface area contributed by atoms with Crippen molar-refractivity contribution in [2.75, 3.05) is 27.4 Å². The number of rotatable bonds is 7. The van der Waals surface area contributed by atoms with Crippen LogP contribution in [0.3, 0.4) is 0 Å². The van der Waals surface area contributed by atoms with Gasteiger partial charge in [0.2, 0.25) is 5.85 Å². The molecule has 0 aromatic rings. The molecule has 0 bridgehead atoms. The minimum absolute atomic E-state index is 0.189. The van der Waals surface area contributed by atoms with Crippen LogP contribution in [0.1, 0.15) is 13.8 Å². The molecule has 0 aliphatic heterocycles. The van der Waals surface area contributed by atoms with E-state index in [0.29, 0.717) is 0 Å². The molecular weight excluding hydrogens is 221 g/mol. The van der Waals surface area contributed by atoms with Crippen LogP contribution >= 0.6 is 7.60 Å². The SMILES string of the molecule is CCOP(=O)(OCC)C(OC)C(=O)NC. The Kier molecular flexibility index (Phi) is 6.76. The molecule has 0 aliphatic carbocycles. The van der Waals surface area contributed by atoms with Crippen LogP contribution in [-0.4, -0.2) is 39.1 Å². The second kappa shape index (κ2) is 6.95. The number of nitrogens with one attached hydrogen (secondary N) is 1.